The molecule has 0 atom stereocenters. The Kier molecular flexibility index (Phi) is 3.22. The van der Waals surface area contributed by atoms with Crippen LogP contribution in [0.5, 0.6) is 0 Å². The van der Waals surface area contributed by atoms with Gasteiger partial charge in [0.25, 0.3) is 0 Å². The molecule has 0 saturated carbocycles. The summed E-state index contributed by atoms with van der Waals surface area (Å²) >= 11 is 2.52. The van der Waals surface area contributed by atoms with Crippen LogP contribution >= 0.6 is 0 Å². The third kappa shape index (κ3) is 2.48. The summed E-state index contributed by atoms with van der Waals surface area (Å²) in [5, 5.41) is 8.93. The molecule has 2 aromatic carbocycles. The van der Waals surface area contributed by atoms with E-state index in [1.165, 1.54) is 15.6 Å². The van der Waals surface area contributed by atoms with E-state index < -0.39 is 0 Å². The van der Waals surface area contributed by atoms with Gasteiger partial charge in [0.2, 0.25) is 0 Å². The van der Waals surface area contributed by atoms with E-state index in [1.807, 2.05) is 24.3 Å². The zero-order valence-electron chi connectivity index (χ0n) is 8.22. The predicted octanol–water partition coefficient (Wildman–Crippen LogP) is 1.37. The normalized spacial score (nSPS) is 10.3. The van der Waals surface area contributed by atoms with Crippen molar-refractivity contribution in [1.82, 2.24) is 0 Å². The Labute approximate surface area is 97.6 Å². The van der Waals surface area contributed by atoms with Crippen LogP contribution in [0, 0.1) is 0 Å². The fraction of sp³-hybridized carbons (Fsp3) is 0.0769. The van der Waals surface area contributed by atoms with Gasteiger partial charge in [0.15, 0.2) is 0 Å². The van der Waals surface area contributed by atoms with Crippen molar-refractivity contribution < 1.29 is 5.11 Å². The Morgan fingerprint density at radius 3 is 1.73 bits per heavy atom. The Morgan fingerprint density at radius 1 is 0.800 bits per heavy atom. The van der Waals surface area contributed by atoms with Crippen molar-refractivity contribution in [3.05, 3.63) is 54.1 Å². The summed E-state index contributed by atoms with van der Waals surface area (Å²) in [6, 6.07) is 16.3. The van der Waals surface area contributed by atoms with E-state index in [0.717, 1.165) is 5.56 Å². The van der Waals surface area contributed by atoms with Crippen molar-refractivity contribution in [2.75, 3.05) is 0 Å². The minimum absolute atomic E-state index is 0.103. The second-order valence-electron chi connectivity index (χ2n) is 3.40. The van der Waals surface area contributed by atoms with Crippen molar-refractivity contribution in [2.24, 2.45) is 0 Å². The van der Waals surface area contributed by atoms with Crippen LogP contribution < -0.4 is 4.46 Å². The van der Waals surface area contributed by atoms with Crippen LogP contribution in [0.15, 0.2) is 48.5 Å². The second kappa shape index (κ2) is 4.63. The fourth-order valence-corrected chi connectivity index (χ4v) is 1.77. The zero-order chi connectivity index (χ0) is 10.7. The van der Waals surface area contributed by atoms with E-state index >= 15 is 0 Å². The van der Waals surface area contributed by atoms with Gasteiger partial charge in [-0.25, -0.2) is 0 Å². The summed E-state index contributed by atoms with van der Waals surface area (Å²) in [5.41, 5.74) is 3.33. The quantitative estimate of drug-likeness (QED) is 0.811. The van der Waals surface area contributed by atoms with Gasteiger partial charge in [-0.1, -0.05) is 0 Å². The van der Waals surface area contributed by atoms with Gasteiger partial charge >= 0.3 is 97.4 Å². The first kappa shape index (κ1) is 10.4. The Balaban J connectivity index is 2.33. The monoisotopic (exact) mass is 264 g/mol. The predicted molar refractivity (Wildman–Crippen MR) is 64.6 cm³/mol. The molecule has 1 N–H and O–H groups in total. The molecule has 0 radical (unpaired) electrons. The molecule has 0 amide bonds. The maximum atomic E-state index is 8.93. The molecular formula is C13H12OSe. The van der Waals surface area contributed by atoms with Crippen LogP contribution in [0.4, 0.5) is 0 Å². The van der Waals surface area contributed by atoms with Gasteiger partial charge in [-0.3, -0.25) is 0 Å². The Hall–Kier alpha value is -1.08. The molecule has 2 heteroatoms. The summed E-state index contributed by atoms with van der Waals surface area (Å²) in [6.07, 6.45) is 0. The first-order valence-corrected chi connectivity index (χ1v) is 5.72. The maximum absolute atomic E-state index is 8.93. The number of aliphatic hydroxyl groups excluding tert-OH is 1. The minimum atomic E-state index is 0.103. The standard InChI is InChI=1S/C13H12OSe/c14-9-10-1-3-11(4-2-10)12-5-7-13(15)8-6-12/h1-8,14-15H,9H2. The molecule has 0 fully saturated rings. The molecule has 2 rings (SSSR count). The molecule has 0 bridgehead atoms. The topological polar surface area (TPSA) is 20.2 Å². The molecule has 76 valence electrons. The van der Waals surface area contributed by atoms with Crippen LogP contribution in [0.25, 0.3) is 11.1 Å². The van der Waals surface area contributed by atoms with E-state index in [4.69, 9.17) is 5.11 Å². The Bertz CT molecular complexity index is 431. The van der Waals surface area contributed by atoms with Gasteiger partial charge in [0.1, 0.15) is 0 Å². The third-order valence-electron chi connectivity index (χ3n) is 2.34. The molecule has 0 aliphatic rings. The van der Waals surface area contributed by atoms with Gasteiger partial charge in [-0.05, 0) is 0 Å². The van der Waals surface area contributed by atoms with E-state index in [9.17, 15) is 0 Å². The Morgan fingerprint density at radius 2 is 1.27 bits per heavy atom. The molecule has 15 heavy (non-hydrogen) atoms. The van der Waals surface area contributed by atoms with Crippen molar-refractivity contribution in [3.63, 3.8) is 0 Å². The molecular weight excluding hydrogens is 251 g/mol. The van der Waals surface area contributed by atoms with Crippen molar-refractivity contribution in [3.8, 4) is 11.1 Å². The average Bonchev–Trinajstić information content (AvgIpc) is 2.30. The van der Waals surface area contributed by atoms with E-state index in [2.05, 4.69) is 40.3 Å². The van der Waals surface area contributed by atoms with Gasteiger partial charge in [0, 0.05) is 0 Å². The molecule has 0 aliphatic heterocycles. The fourth-order valence-electron chi connectivity index (χ4n) is 1.46. The van der Waals surface area contributed by atoms with Crippen molar-refractivity contribution in [2.45, 2.75) is 6.61 Å². The summed E-state index contributed by atoms with van der Waals surface area (Å²) in [5.74, 6) is 0. The number of hydrogen-bond acceptors (Lipinski definition) is 1. The van der Waals surface area contributed by atoms with Gasteiger partial charge in [0.05, 0.1) is 0 Å². The molecule has 0 spiro atoms. The van der Waals surface area contributed by atoms with Crippen molar-refractivity contribution >= 4 is 20.5 Å². The number of aliphatic hydroxyl groups is 1. The van der Waals surface area contributed by atoms with Crippen LogP contribution in [0.3, 0.4) is 0 Å². The van der Waals surface area contributed by atoms with E-state index in [0.29, 0.717) is 0 Å². The van der Waals surface area contributed by atoms with E-state index in [1.54, 1.807) is 0 Å². The van der Waals surface area contributed by atoms with Crippen molar-refractivity contribution in [1.29, 1.82) is 0 Å². The molecule has 2 aromatic rings. The van der Waals surface area contributed by atoms with Crippen LogP contribution in [0.2, 0.25) is 0 Å². The summed E-state index contributed by atoms with van der Waals surface area (Å²) in [4.78, 5) is 0. The SMILES string of the molecule is OCc1ccc(-c2ccc([SeH])cc2)cc1. The molecule has 0 aliphatic carbocycles. The summed E-state index contributed by atoms with van der Waals surface area (Å²) in [7, 11) is 0. The number of benzene rings is 2. The second-order valence-corrected chi connectivity index (χ2v) is 4.49. The third-order valence-corrected chi connectivity index (χ3v) is 2.96. The number of rotatable bonds is 2. The molecule has 0 aromatic heterocycles. The summed E-state index contributed by atoms with van der Waals surface area (Å²) in [6.45, 7) is 0.103. The van der Waals surface area contributed by atoms with Crippen LogP contribution in [-0.4, -0.2) is 21.1 Å². The summed E-state index contributed by atoms with van der Waals surface area (Å²) < 4.78 is 1.21. The molecule has 0 unspecified atom stereocenters. The van der Waals surface area contributed by atoms with E-state index in [-0.39, 0.29) is 6.61 Å². The van der Waals surface area contributed by atoms with Crippen LogP contribution in [-0.2, 0) is 6.61 Å². The first-order valence-electron chi connectivity index (χ1n) is 4.79. The number of hydrogen-bond donors (Lipinski definition) is 1. The average molecular weight is 263 g/mol. The van der Waals surface area contributed by atoms with Gasteiger partial charge in [-0.15, -0.1) is 0 Å². The molecule has 0 saturated heterocycles. The van der Waals surface area contributed by atoms with Gasteiger partial charge in [-0.2, -0.15) is 0 Å². The zero-order valence-corrected chi connectivity index (χ0v) is 10.1. The molecule has 0 heterocycles. The molecule has 1 nitrogen and oxygen atoms in total. The van der Waals surface area contributed by atoms with Gasteiger partial charge < -0.3 is 0 Å². The first-order chi connectivity index (χ1) is 7.29. The van der Waals surface area contributed by atoms with Crippen LogP contribution in [0.1, 0.15) is 5.56 Å².